The molecule has 0 amide bonds. The van der Waals surface area contributed by atoms with Gasteiger partial charge >= 0.3 is 6.16 Å². The molecular weight excluding hydrogens is 292 g/mol. The monoisotopic (exact) mass is 314 g/mol. The number of hydrogen-bond acceptors (Lipinski definition) is 3. The van der Waals surface area contributed by atoms with Crippen LogP contribution in [0.1, 0.15) is 43.4 Å². The first-order valence-corrected chi connectivity index (χ1v) is 7.61. The summed E-state index contributed by atoms with van der Waals surface area (Å²) in [5.41, 5.74) is 1.75. The molecular formula is C19H22O4. The summed E-state index contributed by atoms with van der Waals surface area (Å²) in [6.45, 7) is 5.85. The molecule has 23 heavy (non-hydrogen) atoms. The molecule has 0 aliphatic heterocycles. The fourth-order valence-electron chi connectivity index (χ4n) is 2.82. The third kappa shape index (κ3) is 4.03. The number of phenolic OH excluding ortho intramolecular Hbond substituents is 1. The zero-order valence-corrected chi connectivity index (χ0v) is 13.6. The fraction of sp³-hybridized carbons (Fsp3) is 0.316. The maximum atomic E-state index is 11.2. The Morgan fingerprint density at radius 1 is 1.17 bits per heavy atom. The largest absolute Gasteiger partial charge is 0.508 e. The van der Waals surface area contributed by atoms with Crippen LogP contribution in [0.2, 0.25) is 0 Å². The molecule has 2 N–H and O–H groups in total. The van der Waals surface area contributed by atoms with E-state index in [9.17, 15) is 9.90 Å². The molecule has 0 spiro atoms. The second kappa shape index (κ2) is 6.73. The molecule has 0 radical (unpaired) electrons. The van der Waals surface area contributed by atoms with Crippen molar-refractivity contribution >= 4 is 6.16 Å². The van der Waals surface area contributed by atoms with Gasteiger partial charge in [-0.05, 0) is 41.7 Å². The molecule has 1 atom stereocenters. The van der Waals surface area contributed by atoms with Crippen LogP contribution >= 0.6 is 0 Å². The van der Waals surface area contributed by atoms with Gasteiger partial charge in [-0.3, -0.25) is 0 Å². The van der Waals surface area contributed by atoms with E-state index in [-0.39, 0.29) is 11.7 Å². The maximum Gasteiger partial charge on any atom is 0.506 e. The summed E-state index contributed by atoms with van der Waals surface area (Å²) in [5.74, 6) is 0.417. The number of hydrogen-bond donors (Lipinski definition) is 2. The lowest BCUT2D eigenvalue weighted by Gasteiger charge is -2.30. The normalized spacial score (nSPS) is 13.6. The minimum Gasteiger partial charge on any atom is -0.508 e. The number of rotatable bonds is 5. The molecule has 4 nitrogen and oxygen atoms in total. The van der Waals surface area contributed by atoms with Crippen LogP contribution < -0.4 is 0 Å². The number of carboxylic acid groups (broad SMARTS) is 1. The highest BCUT2D eigenvalue weighted by Gasteiger charge is 2.32. The van der Waals surface area contributed by atoms with Crippen LogP contribution in [-0.2, 0) is 16.8 Å². The van der Waals surface area contributed by atoms with Crippen molar-refractivity contribution in [3.8, 4) is 5.75 Å². The maximum absolute atomic E-state index is 11.2. The summed E-state index contributed by atoms with van der Waals surface area (Å²) in [6, 6.07) is 14.5. The van der Waals surface area contributed by atoms with Crippen LogP contribution in [0.25, 0.3) is 0 Å². The van der Waals surface area contributed by atoms with Gasteiger partial charge in [0.2, 0.25) is 0 Å². The van der Waals surface area contributed by atoms with Crippen molar-refractivity contribution in [2.75, 3.05) is 0 Å². The topological polar surface area (TPSA) is 66.8 Å². The minimum atomic E-state index is -1.30. The Kier molecular flexibility index (Phi) is 4.94. The summed E-state index contributed by atoms with van der Waals surface area (Å²) in [7, 11) is 0. The van der Waals surface area contributed by atoms with E-state index in [2.05, 4.69) is 0 Å². The molecule has 0 aliphatic rings. The Labute approximate surface area is 136 Å². The molecule has 2 aromatic rings. The standard InChI is InChI=1S/C19H22O4/c1-13(2)17-11-16(20)10-9-14(17)12-19(3,23-18(21)22)15-7-5-4-6-8-15/h4-11,13,20H,12H2,1-3H3,(H,21,22). The predicted octanol–water partition coefficient (Wildman–Crippen LogP) is 4.67. The molecule has 0 saturated carbocycles. The lowest BCUT2D eigenvalue weighted by molar-refractivity contribution is -0.0109. The predicted molar refractivity (Wildman–Crippen MR) is 88.8 cm³/mol. The van der Waals surface area contributed by atoms with E-state index >= 15 is 0 Å². The number of benzene rings is 2. The van der Waals surface area contributed by atoms with Crippen LogP contribution in [0.15, 0.2) is 48.5 Å². The second-order valence-electron chi connectivity index (χ2n) is 6.18. The first-order chi connectivity index (χ1) is 10.8. The van der Waals surface area contributed by atoms with Crippen molar-refractivity contribution in [3.05, 3.63) is 65.2 Å². The van der Waals surface area contributed by atoms with E-state index in [0.717, 1.165) is 16.7 Å². The lowest BCUT2D eigenvalue weighted by atomic mass is 9.85. The molecule has 0 heterocycles. The van der Waals surface area contributed by atoms with Crippen molar-refractivity contribution in [3.63, 3.8) is 0 Å². The van der Waals surface area contributed by atoms with Gasteiger partial charge in [0.25, 0.3) is 0 Å². The van der Waals surface area contributed by atoms with Crippen molar-refractivity contribution < 1.29 is 19.7 Å². The third-order valence-electron chi connectivity index (χ3n) is 3.98. The molecule has 4 heteroatoms. The van der Waals surface area contributed by atoms with Gasteiger partial charge in [0, 0.05) is 6.42 Å². The molecule has 1 unspecified atom stereocenters. The molecule has 2 aromatic carbocycles. The van der Waals surface area contributed by atoms with Crippen molar-refractivity contribution in [2.45, 2.75) is 38.7 Å². The van der Waals surface area contributed by atoms with Crippen LogP contribution in [0.4, 0.5) is 4.79 Å². The molecule has 0 fully saturated rings. The lowest BCUT2D eigenvalue weighted by Crippen LogP contribution is -2.31. The van der Waals surface area contributed by atoms with Gasteiger partial charge in [0.1, 0.15) is 11.4 Å². The van der Waals surface area contributed by atoms with Crippen LogP contribution in [0.5, 0.6) is 5.75 Å². The number of aromatic hydroxyl groups is 1. The van der Waals surface area contributed by atoms with Crippen molar-refractivity contribution in [1.82, 2.24) is 0 Å². The molecule has 0 aromatic heterocycles. The summed E-state index contributed by atoms with van der Waals surface area (Å²) in [6.07, 6.45) is -0.905. The SMILES string of the molecule is CC(C)c1cc(O)ccc1CC(C)(OC(=O)O)c1ccccc1. The smallest absolute Gasteiger partial charge is 0.506 e. The summed E-state index contributed by atoms with van der Waals surface area (Å²) in [4.78, 5) is 11.2. The van der Waals surface area contributed by atoms with Crippen LogP contribution in [0, 0.1) is 0 Å². The fourth-order valence-corrected chi connectivity index (χ4v) is 2.82. The average molecular weight is 314 g/mol. The quantitative estimate of drug-likeness (QED) is 0.787. The highest BCUT2D eigenvalue weighted by molar-refractivity contribution is 5.58. The summed E-state index contributed by atoms with van der Waals surface area (Å²) in [5, 5.41) is 18.9. The molecule has 0 aliphatic carbocycles. The minimum absolute atomic E-state index is 0.206. The Balaban J connectivity index is 2.45. The van der Waals surface area contributed by atoms with Gasteiger partial charge in [-0.15, -0.1) is 0 Å². The highest BCUT2D eigenvalue weighted by atomic mass is 16.7. The van der Waals surface area contributed by atoms with Crippen LogP contribution in [0.3, 0.4) is 0 Å². The van der Waals surface area contributed by atoms with E-state index in [4.69, 9.17) is 9.84 Å². The molecule has 122 valence electrons. The molecule has 0 saturated heterocycles. The highest BCUT2D eigenvalue weighted by Crippen LogP contribution is 2.34. The van der Waals surface area contributed by atoms with Gasteiger partial charge in [-0.25, -0.2) is 4.79 Å². The van der Waals surface area contributed by atoms with E-state index in [1.807, 2.05) is 50.2 Å². The van der Waals surface area contributed by atoms with Crippen molar-refractivity contribution in [2.24, 2.45) is 0 Å². The Morgan fingerprint density at radius 2 is 1.83 bits per heavy atom. The number of ether oxygens (including phenoxy) is 1. The second-order valence-corrected chi connectivity index (χ2v) is 6.18. The van der Waals surface area contributed by atoms with Crippen LogP contribution in [-0.4, -0.2) is 16.4 Å². The first kappa shape index (κ1) is 16.9. The Hall–Kier alpha value is -2.49. The van der Waals surface area contributed by atoms with E-state index < -0.39 is 11.8 Å². The van der Waals surface area contributed by atoms with Gasteiger partial charge in [0.15, 0.2) is 0 Å². The van der Waals surface area contributed by atoms with E-state index in [1.165, 1.54) is 0 Å². The van der Waals surface area contributed by atoms with E-state index in [1.54, 1.807) is 19.1 Å². The van der Waals surface area contributed by atoms with E-state index in [0.29, 0.717) is 6.42 Å². The van der Waals surface area contributed by atoms with Gasteiger partial charge in [0.05, 0.1) is 0 Å². The van der Waals surface area contributed by atoms with Gasteiger partial charge < -0.3 is 14.9 Å². The zero-order valence-electron chi connectivity index (χ0n) is 13.6. The average Bonchev–Trinajstić information content (AvgIpc) is 2.49. The van der Waals surface area contributed by atoms with Gasteiger partial charge in [-0.2, -0.15) is 0 Å². The molecule has 2 rings (SSSR count). The Morgan fingerprint density at radius 3 is 2.39 bits per heavy atom. The summed E-state index contributed by atoms with van der Waals surface area (Å²) >= 11 is 0. The zero-order chi connectivity index (χ0) is 17.0. The molecule has 0 bridgehead atoms. The third-order valence-corrected chi connectivity index (χ3v) is 3.98. The first-order valence-electron chi connectivity index (χ1n) is 7.61. The summed E-state index contributed by atoms with van der Waals surface area (Å²) < 4.78 is 5.25. The number of phenols is 1. The number of carbonyl (C=O) groups is 1. The van der Waals surface area contributed by atoms with Crippen molar-refractivity contribution in [1.29, 1.82) is 0 Å². The Bertz CT molecular complexity index is 679. The van der Waals surface area contributed by atoms with Gasteiger partial charge in [-0.1, -0.05) is 50.2 Å².